The normalized spacial score (nSPS) is 11.5. The van der Waals surface area contributed by atoms with Crippen LogP contribution < -0.4 is 10.6 Å². The van der Waals surface area contributed by atoms with E-state index in [0.717, 1.165) is 87.1 Å². The Balaban J connectivity index is 1.33. The maximum absolute atomic E-state index is 14.7. The van der Waals surface area contributed by atoms with Crippen LogP contribution in [-0.2, 0) is 4.79 Å². The summed E-state index contributed by atoms with van der Waals surface area (Å²) in [7, 11) is 4.02. The zero-order chi connectivity index (χ0) is 30.6. The van der Waals surface area contributed by atoms with Gasteiger partial charge in [-0.3, -0.25) is 14.9 Å². The Kier molecular flexibility index (Phi) is 8.38. The number of likely N-dealkylation sites (N-methyl/N-ethyl adjacent to an activating group) is 1. The van der Waals surface area contributed by atoms with Crippen molar-refractivity contribution in [2.75, 3.05) is 37.8 Å². The van der Waals surface area contributed by atoms with Crippen molar-refractivity contribution in [2.24, 2.45) is 0 Å². The van der Waals surface area contributed by atoms with Gasteiger partial charge >= 0.3 is 0 Å². The third-order valence-electron chi connectivity index (χ3n) is 7.69. The molecule has 0 unspecified atom stereocenters. The van der Waals surface area contributed by atoms with Crippen LogP contribution in [0, 0.1) is 5.82 Å². The number of unbranched alkanes of at least 4 members (excludes halogenated alkanes) is 1. The lowest BCUT2D eigenvalue weighted by atomic mass is 10.0. The molecule has 0 bridgehead atoms. The fraction of sp³-hybridized carbons (Fsp3) is 0.229. The number of nitrogens with one attached hydrogen (secondary N) is 4. The summed E-state index contributed by atoms with van der Waals surface area (Å²) in [6, 6.07) is 21.2. The number of benzene rings is 3. The van der Waals surface area contributed by atoms with Gasteiger partial charge in [0.05, 0.1) is 23.1 Å². The van der Waals surface area contributed by atoms with Crippen molar-refractivity contribution in [3.63, 3.8) is 0 Å². The molecule has 3 heterocycles. The van der Waals surface area contributed by atoms with Crippen molar-refractivity contribution in [3.8, 4) is 33.6 Å². The van der Waals surface area contributed by atoms with Gasteiger partial charge in [0.1, 0.15) is 11.5 Å². The van der Waals surface area contributed by atoms with E-state index in [2.05, 4.69) is 54.8 Å². The Morgan fingerprint density at radius 1 is 0.909 bits per heavy atom. The highest BCUT2D eigenvalue weighted by Crippen LogP contribution is 2.36. The van der Waals surface area contributed by atoms with E-state index in [4.69, 9.17) is 0 Å². The van der Waals surface area contributed by atoms with E-state index < -0.39 is 0 Å². The first-order chi connectivity index (χ1) is 21.4. The molecule has 0 radical (unpaired) electrons. The quantitative estimate of drug-likeness (QED) is 0.124. The first kappa shape index (κ1) is 29.1. The van der Waals surface area contributed by atoms with Crippen LogP contribution >= 0.6 is 0 Å². The number of hydrogen-bond acceptors (Lipinski definition) is 5. The van der Waals surface area contributed by atoms with Gasteiger partial charge in [-0.25, -0.2) is 4.39 Å². The number of halogens is 1. The maximum Gasteiger partial charge on any atom is 0.224 e. The maximum atomic E-state index is 14.7. The van der Waals surface area contributed by atoms with Gasteiger partial charge in [-0.15, -0.1) is 0 Å². The largest absolute Gasteiger partial charge is 0.384 e. The lowest BCUT2D eigenvalue weighted by Crippen LogP contribution is -2.20. The Morgan fingerprint density at radius 2 is 1.77 bits per heavy atom. The van der Waals surface area contributed by atoms with E-state index in [0.29, 0.717) is 12.1 Å². The van der Waals surface area contributed by atoms with Gasteiger partial charge in [-0.2, -0.15) is 5.10 Å². The van der Waals surface area contributed by atoms with E-state index in [1.165, 1.54) is 6.07 Å². The number of rotatable bonds is 11. The first-order valence-corrected chi connectivity index (χ1v) is 14.9. The Labute approximate surface area is 255 Å². The number of H-pyrrole nitrogens is 2. The van der Waals surface area contributed by atoms with Gasteiger partial charge in [0.2, 0.25) is 5.91 Å². The van der Waals surface area contributed by atoms with Gasteiger partial charge < -0.3 is 20.5 Å². The summed E-state index contributed by atoms with van der Waals surface area (Å²) < 4.78 is 14.7. The second-order valence-corrected chi connectivity index (χ2v) is 11.4. The highest BCUT2D eigenvalue weighted by atomic mass is 19.1. The summed E-state index contributed by atoms with van der Waals surface area (Å²) in [5, 5.41) is 16.0. The number of carbonyl (C=O) groups is 1. The summed E-state index contributed by atoms with van der Waals surface area (Å²) in [5.74, 6) is -0.292. The Hall–Kier alpha value is -5.02. The fourth-order valence-electron chi connectivity index (χ4n) is 5.43. The molecule has 44 heavy (non-hydrogen) atoms. The topological polar surface area (TPSA) is 102 Å². The van der Waals surface area contributed by atoms with Crippen LogP contribution in [0.25, 0.3) is 55.4 Å². The SMILES string of the molecule is CCCCC(=O)Nc1cncc(-c2ccc3[nH]nc(-c4cc5c(-c6cc(F)cc(NCCN(C)C)c6)cccc5[nH]4)c3c2)c1. The van der Waals surface area contributed by atoms with Crippen molar-refractivity contribution < 1.29 is 9.18 Å². The first-order valence-electron chi connectivity index (χ1n) is 14.9. The highest BCUT2D eigenvalue weighted by molar-refractivity contribution is 6.02. The minimum atomic E-state index is -0.285. The lowest BCUT2D eigenvalue weighted by molar-refractivity contribution is -0.116. The summed E-state index contributed by atoms with van der Waals surface area (Å²) >= 11 is 0. The third kappa shape index (κ3) is 6.33. The molecular formula is C35H36FN7O. The number of amides is 1. The zero-order valence-corrected chi connectivity index (χ0v) is 25.2. The van der Waals surface area contributed by atoms with Crippen molar-refractivity contribution in [1.82, 2.24) is 25.1 Å². The zero-order valence-electron chi connectivity index (χ0n) is 25.2. The van der Waals surface area contributed by atoms with E-state index in [1.54, 1.807) is 18.5 Å². The number of fused-ring (bicyclic) bond motifs is 2. The number of aromatic amines is 2. The average molecular weight is 590 g/mol. The summed E-state index contributed by atoms with van der Waals surface area (Å²) in [4.78, 5) is 22.2. The monoisotopic (exact) mass is 589 g/mol. The van der Waals surface area contributed by atoms with Gasteiger partial charge in [-0.05, 0) is 85.7 Å². The highest BCUT2D eigenvalue weighted by Gasteiger charge is 2.15. The minimum Gasteiger partial charge on any atom is -0.384 e. The molecule has 224 valence electrons. The van der Waals surface area contributed by atoms with Crippen molar-refractivity contribution >= 4 is 39.1 Å². The van der Waals surface area contributed by atoms with Crippen LogP contribution in [-0.4, -0.2) is 58.2 Å². The van der Waals surface area contributed by atoms with Crippen LogP contribution in [0.15, 0.2) is 79.1 Å². The predicted octanol–water partition coefficient (Wildman–Crippen LogP) is 7.68. The third-order valence-corrected chi connectivity index (χ3v) is 7.69. The van der Waals surface area contributed by atoms with Crippen molar-refractivity contribution in [1.29, 1.82) is 0 Å². The number of carbonyl (C=O) groups excluding carboxylic acids is 1. The van der Waals surface area contributed by atoms with Gasteiger partial charge in [0.15, 0.2) is 0 Å². The minimum absolute atomic E-state index is 0.00777. The fourth-order valence-corrected chi connectivity index (χ4v) is 5.43. The number of pyridine rings is 1. The summed E-state index contributed by atoms with van der Waals surface area (Å²) in [5.41, 5.74) is 8.49. The molecule has 1 amide bonds. The molecule has 3 aromatic carbocycles. The number of anilines is 2. The van der Waals surface area contributed by atoms with Crippen molar-refractivity contribution in [3.05, 3.63) is 84.9 Å². The molecule has 0 aliphatic rings. The van der Waals surface area contributed by atoms with Crippen molar-refractivity contribution in [2.45, 2.75) is 26.2 Å². The molecule has 8 nitrogen and oxygen atoms in total. The molecule has 0 saturated heterocycles. The number of aromatic nitrogens is 4. The Morgan fingerprint density at radius 3 is 2.61 bits per heavy atom. The standard InChI is InChI=1S/C35H36FN7O/c1-4-5-9-34(44)39-27-16-24(20-37-21-27)22-10-11-32-30(17-22)35(42-41-32)33-19-29-28(7-6-8-31(29)40-33)23-14-25(36)18-26(15-23)38-12-13-43(2)3/h6-8,10-11,14-21,38,40H,4-5,9,12-13H2,1-3H3,(H,39,44)(H,41,42). The molecule has 6 rings (SSSR count). The predicted molar refractivity (Wildman–Crippen MR) is 177 cm³/mol. The molecule has 4 N–H and O–H groups in total. The average Bonchev–Trinajstić information content (AvgIpc) is 3.63. The van der Waals surface area contributed by atoms with Crippen LogP contribution in [0.3, 0.4) is 0 Å². The second kappa shape index (κ2) is 12.7. The lowest BCUT2D eigenvalue weighted by Gasteiger charge is -2.13. The van der Waals surface area contributed by atoms with Crippen LogP contribution in [0.4, 0.5) is 15.8 Å². The molecule has 0 fully saturated rings. The molecule has 0 aliphatic heterocycles. The van der Waals surface area contributed by atoms with Gasteiger partial charge in [-0.1, -0.05) is 31.5 Å². The summed E-state index contributed by atoms with van der Waals surface area (Å²) in [6.07, 6.45) is 5.77. The number of hydrogen-bond donors (Lipinski definition) is 4. The molecule has 0 aliphatic carbocycles. The molecule has 9 heteroatoms. The van der Waals surface area contributed by atoms with Crippen LogP contribution in [0.1, 0.15) is 26.2 Å². The summed E-state index contributed by atoms with van der Waals surface area (Å²) in [6.45, 7) is 3.63. The van der Waals surface area contributed by atoms with E-state index in [-0.39, 0.29) is 11.7 Å². The molecule has 6 aromatic rings. The second-order valence-electron chi connectivity index (χ2n) is 11.4. The molecule has 0 saturated carbocycles. The van der Waals surface area contributed by atoms with E-state index >= 15 is 0 Å². The Bertz CT molecular complexity index is 1940. The van der Waals surface area contributed by atoms with Crippen LogP contribution in [0.5, 0.6) is 0 Å². The molecule has 3 aromatic heterocycles. The van der Waals surface area contributed by atoms with E-state index in [9.17, 15) is 9.18 Å². The van der Waals surface area contributed by atoms with Gasteiger partial charge in [0, 0.05) is 53.2 Å². The molecule has 0 atom stereocenters. The van der Waals surface area contributed by atoms with Crippen LogP contribution in [0.2, 0.25) is 0 Å². The molecule has 0 spiro atoms. The number of nitrogens with zero attached hydrogens (tertiary/aromatic N) is 3. The van der Waals surface area contributed by atoms with E-state index in [1.807, 2.05) is 56.6 Å². The van der Waals surface area contributed by atoms with Gasteiger partial charge in [0.25, 0.3) is 0 Å². The molecular weight excluding hydrogens is 553 g/mol. The smallest absolute Gasteiger partial charge is 0.224 e.